The maximum Gasteiger partial charge on any atom is 0.212 e. The summed E-state index contributed by atoms with van der Waals surface area (Å²) in [6, 6.07) is 3.55. The zero-order valence-electron chi connectivity index (χ0n) is 11.7. The molecule has 2 N–H and O–H groups in total. The maximum absolute atomic E-state index is 11.2. The maximum atomic E-state index is 11.2. The van der Waals surface area contributed by atoms with Gasteiger partial charge in [-0.2, -0.15) is 0 Å². The van der Waals surface area contributed by atoms with Crippen molar-refractivity contribution in [3.63, 3.8) is 0 Å². The predicted molar refractivity (Wildman–Crippen MR) is 79.1 cm³/mol. The summed E-state index contributed by atoms with van der Waals surface area (Å²) in [5, 5.41) is 3.48. The Kier molecular flexibility index (Phi) is 6.54. The molecule has 1 aromatic rings. The first-order chi connectivity index (χ1) is 9.43. The second kappa shape index (κ2) is 7.68. The molecule has 114 valence electrons. The zero-order chi connectivity index (χ0) is 15.2. The van der Waals surface area contributed by atoms with Crippen LogP contribution in [0, 0.1) is 0 Å². The highest BCUT2D eigenvalue weighted by Gasteiger charge is 2.11. The highest BCUT2D eigenvalue weighted by atomic mass is 35.5. The van der Waals surface area contributed by atoms with Crippen molar-refractivity contribution < 1.29 is 17.9 Å². The molecule has 0 saturated heterocycles. The SMILES string of the molecule is CNS(=O)(=O)CCNCc1cc(Cl)c(OC)c(OC)c1. The molecule has 0 atom stereocenters. The van der Waals surface area contributed by atoms with Crippen molar-refractivity contribution in [3.05, 3.63) is 22.7 Å². The third kappa shape index (κ3) is 4.82. The van der Waals surface area contributed by atoms with Crippen LogP contribution in [-0.2, 0) is 16.6 Å². The van der Waals surface area contributed by atoms with Crippen LogP contribution in [-0.4, -0.2) is 42.0 Å². The summed E-state index contributed by atoms with van der Waals surface area (Å²) in [6.07, 6.45) is 0. The van der Waals surface area contributed by atoms with E-state index in [2.05, 4.69) is 10.0 Å². The average Bonchev–Trinajstić information content (AvgIpc) is 2.43. The predicted octanol–water partition coefficient (Wildman–Crippen LogP) is 0.996. The van der Waals surface area contributed by atoms with Gasteiger partial charge in [-0.3, -0.25) is 0 Å². The van der Waals surface area contributed by atoms with E-state index in [0.29, 0.717) is 29.6 Å². The zero-order valence-corrected chi connectivity index (χ0v) is 13.3. The molecule has 0 saturated carbocycles. The number of benzene rings is 1. The normalized spacial score (nSPS) is 11.4. The number of ether oxygens (including phenoxy) is 2. The van der Waals surface area contributed by atoms with Crippen molar-refractivity contribution in [2.45, 2.75) is 6.54 Å². The van der Waals surface area contributed by atoms with Gasteiger partial charge in [-0.1, -0.05) is 11.6 Å². The van der Waals surface area contributed by atoms with E-state index < -0.39 is 10.0 Å². The molecule has 0 bridgehead atoms. The van der Waals surface area contributed by atoms with Gasteiger partial charge in [-0.05, 0) is 24.7 Å². The Morgan fingerprint density at radius 3 is 2.50 bits per heavy atom. The van der Waals surface area contributed by atoms with Crippen LogP contribution >= 0.6 is 11.6 Å². The molecule has 0 radical (unpaired) electrons. The van der Waals surface area contributed by atoms with Crippen LogP contribution in [0.5, 0.6) is 11.5 Å². The fourth-order valence-corrected chi connectivity index (χ4v) is 2.54. The minimum Gasteiger partial charge on any atom is -0.493 e. The van der Waals surface area contributed by atoms with E-state index >= 15 is 0 Å². The van der Waals surface area contributed by atoms with Crippen LogP contribution < -0.4 is 19.5 Å². The van der Waals surface area contributed by atoms with Gasteiger partial charge >= 0.3 is 0 Å². The molecule has 0 aliphatic rings. The number of halogens is 1. The van der Waals surface area contributed by atoms with Crippen molar-refractivity contribution in [2.24, 2.45) is 0 Å². The molecule has 6 nitrogen and oxygen atoms in total. The fraction of sp³-hybridized carbons (Fsp3) is 0.500. The molecular formula is C12H19ClN2O4S. The Labute approximate surface area is 124 Å². The largest absolute Gasteiger partial charge is 0.493 e. The summed E-state index contributed by atoms with van der Waals surface area (Å²) in [6.45, 7) is 0.828. The number of nitrogens with one attached hydrogen (secondary N) is 2. The number of hydrogen-bond acceptors (Lipinski definition) is 5. The van der Waals surface area contributed by atoms with Gasteiger partial charge in [0.1, 0.15) is 0 Å². The van der Waals surface area contributed by atoms with Gasteiger partial charge in [0.15, 0.2) is 11.5 Å². The number of hydrogen-bond donors (Lipinski definition) is 2. The standard InChI is InChI=1S/C12H19ClN2O4S/c1-14-20(16,17)5-4-15-8-9-6-10(13)12(19-3)11(7-9)18-2/h6-7,14-15H,4-5,8H2,1-3H3. The number of rotatable bonds is 8. The van der Waals surface area contributed by atoms with Crippen LogP contribution in [0.25, 0.3) is 0 Å². The highest BCUT2D eigenvalue weighted by Crippen LogP contribution is 2.35. The first-order valence-corrected chi connectivity index (χ1v) is 7.99. The molecule has 8 heteroatoms. The summed E-state index contributed by atoms with van der Waals surface area (Å²) in [4.78, 5) is 0. The third-order valence-electron chi connectivity index (χ3n) is 2.68. The van der Waals surface area contributed by atoms with Gasteiger partial charge in [0, 0.05) is 13.1 Å². The topological polar surface area (TPSA) is 76.7 Å². The van der Waals surface area contributed by atoms with Gasteiger partial charge in [0.25, 0.3) is 0 Å². The van der Waals surface area contributed by atoms with E-state index in [1.165, 1.54) is 21.3 Å². The van der Waals surface area contributed by atoms with E-state index in [9.17, 15) is 8.42 Å². The van der Waals surface area contributed by atoms with Gasteiger partial charge in [0.05, 0.1) is 25.0 Å². The third-order valence-corrected chi connectivity index (χ3v) is 4.33. The van der Waals surface area contributed by atoms with Crippen molar-refractivity contribution in [1.82, 2.24) is 10.0 Å². The lowest BCUT2D eigenvalue weighted by Crippen LogP contribution is -2.29. The van der Waals surface area contributed by atoms with Crippen LogP contribution in [0.2, 0.25) is 5.02 Å². The smallest absolute Gasteiger partial charge is 0.212 e. The van der Waals surface area contributed by atoms with Crippen LogP contribution in [0.3, 0.4) is 0 Å². The van der Waals surface area contributed by atoms with Crippen molar-refractivity contribution in [1.29, 1.82) is 0 Å². The Bertz CT molecular complexity index is 549. The molecule has 0 unspecified atom stereocenters. The van der Waals surface area contributed by atoms with E-state index in [4.69, 9.17) is 21.1 Å². The van der Waals surface area contributed by atoms with Gasteiger partial charge in [0.2, 0.25) is 10.0 Å². The molecular weight excluding hydrogens is 304 g/mol. The van der Waals surface area contributed by atoms with Gasteiger partial charge < -0.3 is 14.8 Å². The van der Waals surface area contributed by atoms with Crippen LogP contribution in [0.1, 0.15) is 5.56 Å². The Balaban J connectivity index is 2.63. The van der Waals surface area contributed by atoms with Crippen molar-refractivity contribution in [2.75, 3.05) is 33.6 Å². The second-order valence-corrected chi connectivity index (χ2v) is 6.47. The Hall–Kier alpha value is -1.02. The quantitative estimate of drug-likeness (QED) is 0.698. The fourth-order valence-electron chi connectivity index (χ4n) is 1.61. The molecule has 0 amide bonds. The minimum absolute atomic E-state index is 0.0184. The molecule has 0 aliphatic carbocycles. The molecule has 20 heavy (non-hydrogen) atoms. The molecule has 0 spiro atoms. The monoisotopic (exact) mass is 322 g/mol. The van der Waals surface area contributed by atoms with Crippen LogP contribution in [0.4, 0.5) is 0 Å². The van der Waals surface area contributed by atoms with E-state index in [-0.39, 0.29) is 5.75 Å². The second-order valence-electron chi connectivity index (χ2n) is 4.01. The molecule has 0 fully saturated rings. The lowest BCUT2D eigenvalue weighted by molar-refractivity contribution is 0.354. The number of methoxy groups -OCH3 is 2. The summed E-state index contributed by atoms with van der Waals surface area (Å²) < 4.78 is 35.1. The summed E-state index contributed by atoms with van der Waals surface area (Å²) in [5.74, 6) is 1.04. The first-order valence-electron chi connectivity index (χ1n) is 5.96. The molecule has 0 heterocycles. The average molecular weight is 323 g/mol. The lowest BCUT2D eigenvalue weighted by atomic mass is 10.2. The molecule has 1 aromatic carbocycles. The lowest BCUT2D eigenvalue weighted by Gasteiger charge is -2.12. The molecule has 0 aliphatic heterocycles. The van der Waals surface area contributed by atoms with Crippen molar-refractivity contribution in [3.8, 4) is 11.5 Å². The van der Waals surface area contributed by atoms with E-state index in [0.717, 1.165) is 5.56 Å². The van der Waals surface area contributed by atoms with Gasteiger partial charge in [-0.15, -0.1) is 0 Å². The molecule has 1 rings (SSSR count). The Morgan fingerprint density at radius 1 is 1.25 bits per heavy atom. The number of sulfonamides is 1. The summed E-state index contributed by atoms with van der Waals surface area (Å²) in [7, 11) is 1.25. The van der Waals surface area contributed by atoms with Gasteiger partial charge in [-0.25, -0.2) is 13.1 Å². The summed E-state index contributed by atoms with van der Waals surface area (Å²) in [5.41, 5.74) is 0.884. The summed E-state index contributed by atoms with van der Waals surface area (Å²) >= 11 is 6.08. The highest BCUT2D eigenvalue weighted by molar-refractivity contribution is 7.89. The van der Waals surface area contributed by atoms with E-state index in [1.807, 2.05) is 0 Å². The first kappa shape index (κ1) is 17.0. The minimum atomic E-state index is -3.19. The van der Waals surface area contributed by atoms with Crippen LogP contribution in [0.15, 0.2) is 12.1 Å². The Morgan fingerprint density at radius 2 is 1.95 bits per heavy atom. The van der Waals surface area contributed by atoms with E-state index in [1.54, 1.807) is 12.1 Å². The molecule has 0 aromatic heterocycles. The van der Waals surface area contributed by atoms with Crippen molar-refractivity contribution >= 4 is 21.6 Å².